The fourth-order valence-corrected chi connectivity index (χ4v) is 1.23. The second-order valence-electron chi connectivity index (χ2n) is 5.28. The lowest BCUT2D eigenvalue weighted by Gasteiger charge is -2.17. The Kier molecular flexibility index (Phi) is 3.27. The summed E-state index contributed by atoms with van der Waals surface area (Å²) >= 11 is 0. The number of nitrogen functional groups attached to an aromatic ring is 1. The summed E-state index contributed by atoms with van der Waals surface area (Å²) < 4.78 is 0. The molecule has 0 aliphatic carbocycles. The molecule has 0 saturated heterocycles. The standard InChI is InChI=1S/C11H20N4/c1-7(2)6-8-13-9(11(3,4)5)15-10(12)14-8/h7H,6H2,1-5H3,(H2,12,13,14,15). The van der Waals surface area contributed by atoms with E-state index >= 15 is 0 Å². The van der Waals surface area contributed by atoms with E-state index in [0.717, 1.165) is 18.1 Å². The second-order valence-corrected chi connectivity index (χ2v) is 5.28. The third kappa shape index (κ3) is 3.46. The Hall–Kier alpha value is -1.19. The van der Waals surface area contributed by atoms with E-state index in [2.05, 4.69) is 49.6 Å². The Morgan fingerprint density at radius 3 is 2.20 bits per heavy atom. The molecule has 1 aromatic heterocycles. The maximum Gasteiger partial charge on any atom is 0.223 e. The molecule has 0 radical (unpaired) electrons. The average molecular weight is 208 g/mol. The van der Waals surface area contributed by atoms with Gasteiger partial charge in [-0.25, -0.2) is 4.98 Å². The van der Waals surface area contributed by atoms with Crippen molar-refractivity contribution in [3.63, 3.8) is 0 Å². The zero-order chi connectivity index (χ0) is 11.6. The lowest BCUT2D eigenvalue weighted by molar-refractivity contribution is 0.528. The van der Waals surface area contributed by atoms with Gasteiger partial charge in [0.15, 0.2) is 0 Å². The number of aromatic nitrogens is 3. The van der Waals surface area contributed by atoms with Crippen LogP contribution in [0.1, 0.15) is 46.3 Å². The van der Waals surface area contributed by atoms with Crippen LogP contribution in [-0.2, 0) is 11.8 Å². The zero-order valence-electron chi connectivity index (χ0n) is 10.2. The van der Waals surface area contributed by atoms with Crippen molar-refractivity contribution in [1.82, 2.24) is 15.0 Å². The number of rotatable bonds is 2. The number of hydrogen-bond donors (Lipinski definition) is 1. The van der Waals surface area contributed by atoms with Crippen LogP contribution in [0.15, 0.2) is 0 Å². The fraction of sp³-hybridized carbons (Fsp3) is 0.727. The van der Waals surface area contributed by atoms with Gasteiger partial charge in [-0.3, -0.25) is 0 Å². The predicted octanol–water partition coefficient (Wildman–Crippen LogP) is 1.95. The highest BCUT2D eigenvalue weighted by atomic mass is 15.1. The summed E-state index contributed by atoms with van der Waals surface area (Å²) in [6.07, 6.45) is 0.843. The van der Waals surface area contributed by atoms with E-state index in [4.69, 9.17) is 5.73 Å². The van der Waals surface area contributed by atoms with Crippen LogP contribution in [0.25, 0.3) is 0 Å². The van der Waals surface area contributed by atoms with Crippen LogP contribution >= 0.6 is 0 Å². The summed E-state index contributed by atoms with van der Waals surface area (Å²) in [5.74, 6) is 2.42. The summed E-state index contributed by atoms with van der Waals surface area (Å²) in [6, 6.07) is 0. The van der Waals surface area contributed by atoms with Gasteiger partial charge < -0.3 is 5.73 Å². The molecular weight excluding hydrogens is 188 g/mol. The van der Waals surface area contributed by atoms with E-state index in [9.17, 15) is 0 Å². The molecule has 0 unspecified atom stereocenters. The van der Waals surface area contributed by atoms with Crippen molar-refractivity contribution in [3.8, 4) is 0 Å². The van der Waals surface area contributed by atoms with Gasteiger partial charge in [0.2, 0.25) is 5.95 Å². The molecule has 0 saturated carbocycles. The van der Waals surface area contributed by atoms with Crippen molar-refractivity contribution in [2.75, 3.05) is 5.73 Å². The Morgan fingerprint density at radius 2 is 1.73 bits per heavy atom. The Labute approximate surface area is 91.3 Å². The molecule has 1 heterocycles. The molecule has 0 aliphatic heterocycles. The van der Waals surface area contributed by atoms with Gasteiger partial charge >= 0.3 is 0 Å². The quantitative estimate of drug-likeness (QED) is 0.806. The number of anilines is 1. The van der Waals surface area contributed by atoms with Crippen LogP contribution in [-0.4, -0.2) is 15.0 Å². The van der Waals surface area contributed by atoms with Gasteiger partial charge in [0.25, 0.3) is 0 Å². The monoisotopic (exact) mass is 208 g/mol. The normalized spacial score (nSPS) is 12.1. The van der Waals surface area contributed by atoms with Gasteiger partial charge in [0, 0.05) is 11.8 Å². The van der Waals surface area contributed by atoms with Gasteiger partial charge in [-0.2, -0.15) is 9.97 Å². The molecule has 0 aliphatic rings. The molecule has 1 rings (SSSR count). The number of nitrogens with two attached hydrogens (primary N) is 1. The molecule has 4 heteroatoms. The van der Waals surface area contributed by atoms with Crippen molar-refractivity contribution in [3.05, 3.63) is 11.6 Å². The molecule has 0 spiro atoms. The summed E-state index contributed by atoms with van der Waals surface area (Å²) in [5.41, 5.74) is 5.59. The molecule has 0 atom stereocenters. The third-order valence-electron chi connectivity index (χ3n) is 1.96. The van der Waals surface area contributed by atoms with Crippen LogP contribution in [0, 0.1) is 5.92 Å². The smallest absolute Gasteiger partial charge is 0.223 e. The highest BCUT2D eigenvalue weighted by Gasteiger charge is 2.19. The van der Waals surface area contributed by atoms with Gasteiger partial charge in [0.1, 0.15) is 11.6 Å². The maximum atomic E-state index is 5.67. The second kappa shape index (κ2) is 4.13. The first-order valence-electron chi connectivity index (χ1n) is 5.30. The minimum absolute atomic E-state index is 0.0806. The molecule has 4 nitrogen and oxygen atoms in total. The van der Waals surface area contributed by atoms with E-state index in [1.807, 2.05) is 0 Å². The van der Waals surface area contributed by atoms with E-state index in [0.29, 0.717) is 11.9 Å². The minimum atomic E-state index is -0.0806. The molecule has 0 amide bonds. The largest absolute Gasteiger partial charge is 0.368 e. The summed E-state index contributed by atoms with van der Waals surface area (Å²) in [6.45, 7) is 10.5. The Balaban J connectivity index is 3.06. The summed E-state index contributed by atoms with van der Waals surface area (Å²) in [7, 11) is 0. The highest BCUT2D eigenvalue weighted by molar-refractivity contribution is 5.19. The van der Waals surface area contributed by atoms with Crippen LogP contribution < -0.4 is 5.73 Å². The van der Waals surface area contributed by atoms with Crippen molar-refractivity contribution in [1.29, 1.82) is 0 Å². The lowest BCUT2D eigenvalue weighted by Crippen LogP contribution is -2.20. The zero-order valence-corrected chi connectivity index (χ0v) is 10.2. The van der Waals surface area contributed by atoms with Gasteiger partial charge in [-0.15, -0.1) is 0 Å². The molecule has 0 bridgehead atoms. The van der Waals surface area contributed by atoms with Crippen LogP contribution in [0.4, 0.5) is 5.95 Å². The SMILES string of the molecule is CC(C)Cc1nc(N)nc(C(C)(C)C)n1. The molecule has 1 aromatic rings. The Bertz CT molecular complexity index is 339. The molecule has 2 N–H and O–H groups in total. The van der Waals surface area contributed by atoms with Gasteiger partial charge in [-0.1, -0.05) is 34.6 Å². The summed E-state index contributed by atoms with van der Waals surface area (Å²) in [4.78, 5) is 12.8. The van der Waals surface area contributed by atoms with Gasteiger partial charge in [0.05, 0.1) is 0 Å². The number of hydrogen-bond acceptors (Lipinski definition) is 4. The minimum Gasteiger partial charge on any atom is -0.368 e. The number of nitrogens with zero attached hydrogens (tertiary/aromatic N) is 3. The van der Waals surface area contributed by atoms with E-state index in [1.54, 1.807) is 0 Å². The predicted molar refractivity (Wildman–Crippen MR) is 61.5 cm³/mol. The molecule has 15 heavy (non-hydrogen) atoms. The van der Waals surface area contributed by atoms with Crippen molar-refractivity contribution >= 4 is 5.95 Å². The van der Waals surface area contributed by atoms with E-state index in [-0.39, 0.29) is 5.41 Å². The van der Waals surface area contributed by atoms with E-state index in [1.165, 1.54) is 0 Å². The van der Waals surface area contributed by atoms with Crippen LogP contribution in [0.2, 0.25) is 0 Å². The first-order valence-corrected chi connectivity index (χ1v) is 5.30. The van der Waals surface area contributed by atoms with Crippen molar-refractivity contribution < 1.29 is 0 Å². The first kappa shape index (κ1) is 11.9. The first-order chi connectivity index (χ1) is 6.79. The molecule has 0 fully saturated rings. The topological polar surface area (TPSA) is 64.7 Å². The van der Waals surface area contributed by atoms with Crippen LogP contribution in [0.3, 0.4) is 0 Å². The van der Waals surface area contributed by atoms with Crippen molar-refractivity contribution in [2.45, 2.75) is 46.5 Å². The van der Waals surface area contributed by atoms with E-state index < -0.39 is 0 Å². The highest BCUT2D eigenvalue weighted by Crippen LogP contribution is 2.18. The maximum absolute atomic E-state index is 5.67. The fourth-order valence-electron chi connectivity index (χ4n) is 1.23. The molecular formula is C11H20N4. The Morgan fingerprint density at radius 1 is 1.13 bits per heavy atom. The van der Waals surface area contributed by atoms with Crippen molar-refractivity contribution in [2.24, 2.45) is 5.92 Å². The average Bonchev–Trinajstić information content (AvgIpc) is 1.99. The third-order valence-corrected chi connectivity index (χ3v) is 1.96. The van der Waals surface area contributed by atoms with Gasteiger partial charge in [-0.05, 0) is 5.92 Å². The summed E-state index contributed by atoms with van der Waals surface area (Å²) in [5, 5.41) is 0. The lowest BCUT2D eigenvalue weighted by atomic mass is 9.96. The molecule has 0 aromatic carbocycles. The van der Waals surface area contributed by atoms with Crippen LogP contribution in [0.5, 0.6) is 0 Å². The molecule has 84 valence electrons.